The Morgan fingerprint density at radius 3 is 2.06 bits per heavy atom. The fourth-order valence-corrected chi connectivity index (χ4v) is 5.91. The molecule has 1 atom stereocenters. The maximum Gasteiger partial charge on any atom is 0.360 e. The molecule has 3 heterocycles. The minimum absolute atomic E-state index is 0.0176. The predicted octanol–water partition coefficient (Wildman–Crippen LogP) is 8.94. The van der Waals surface area contributed by atoms with Crippen molar-refractivity contribution in [1.82, 2.24) is 15.0 Å². The van der Waals surface area contributed by atoms with E-state index >= 15 is 0 Å². The van der Waals surface area contributed by atoms with Gasteiger partial charge in [-0.3, -0.25) is 0 Å². The van der Waals surface area contributed by atoms with Crippen LogP contribution in [0.25, 0.3) is 69.0 Å². The molecule has 51 heavy (non-hydrogen) atoms. The lowest BCUT2D eigenvalue weighted by Gasteiger charge is -2.05. The third-order valence-electron chi connectivity index (χ3n) is 8.48. The number of carbonyl (C=O) groups excluding carboxylic acids is 1. The van der Waals surface area contributed by atoms with E-state index in [1.165, 1.54) is 6.26 Å². The van der Waals surface area contributed by atoms with Crippen molar-refractivity contribution in [2.75, 3.05) is 13.2 Å². The summed E-state index contributed by atoms with van der Waals surface area (Å²) in [6.45, 7) is 2.50. The molecular weight excluding hydrogens is 642 g/mol. The van der Waals surface area contributed by atoms with Crippen LogP contribution in [0.1, 0.15) is 71.3 Å². The first-order chi connectivity index (χ1) is 25.0. The van der Waals surface area contributed by atoms with Gasteiger partial charge in [0.1, 0.15) is 6.26 Å². The molecule has 0 amide bonds. The highest BCUT2D eigenvalue weighted by atomic mass is 16.5. The van der Waals surface area contributed by atoms with Crippen molar-refractivity contribution < 1.29 is 22.8 Å². The summed E-state index contributed by atoms with van der Waals surface area (Å²) in [6, 6.07) is 27.9. The van der Waals surface area contributed by atoms with Crippen molar-refractivity contribution in [3.05, 3.63) is 125 Å². The van der Waals surface area contributed by atoms with Gasteiger partial charge in [0.05, 0.1) is 12.6 Å². The third-order valence-corrected chi connectivity index (χ3v) is 8.48. The number of unbranched alkanes of at least 4 members (excludes halogenated alkanes) is 1. The second-order valence-corrected chi connectivity index (χ2v) is 11.9. The number of ether oxygens (including phenoxy) is 1. The van der Waals surface area contributed by atoms with Crippen LogP contribution >= 0.6 is 0 Å². The molecule has 256 valence electrons. The van der Waals surface area contributed by atoms with Gasteiger partial charge in [-0.15, -0.1) is 0 Å². The average Bonchev–Trinajstić information content (AvgIpc) is 3.92. The molecule has 0 unspecified atom stereocenters. The Labute approximate surface area is 294 Å². The minimum atomic E-state index is -0.619. The van der Waals surface area contributed by atoms with E-state index in [0.29, 0.717) is 30.3 Å². The summed E-state index contributed by atoms with van der Waals surface area (Å²) in [5.74, 6) is 0.566. The molecule has 0 saturated carbocycles. The van der Waals surface area contributed by atoms with Gasteiger partial charge in [0, 0.05) is 0 Å². The van der Waals surface area contributed by atoms with Gasteiger partial charge in [-0.05, 0) is 71.1 Å². The number of benzene rings is 4. The van der Waals surface area contributed by atoms with Crippen LogP contribution in [-0.2, 0) is 4.74 Å². The van der Waals surface area contributed by atoms with Crippen LogP contribution in [0.4, 0.5) is 0 Å². The zero-order valence-electron chi connectivity index (χ0n) is 28.1. The first-order valence-corrected chi connectivity index (χ1v) is 16.9. The predicted molar refractivity (Wildman–Crippen MR) is 199 cm³/mol. The summed E-state index contributed by atoms with van der Waals surface area (Å²) in [5.41, 5.74) is 14.6. The molecule has 7 rings (SSSR count). The average molecular weight is 680 g/mol. The number of nitrogens with two attached hydrogens (primary N) is 2. The first kappa shape index (κ1) is 33.4. The molecule has 0 aliphatic rings. The van der Waals surface area contributed by atoms with Crippen LogP contribution in [0.3, 0.4) is 0 Å². The Morgan fingerprint density at radius 2 is 1.39 bits per heavy atom. The van der Waals surface area contributed by atoms with E-state index in [1.807, 2.05) is 78.9 Å². The smallest absolute Gasteiger partial charge is 0.360 e. The van der Waals surface area contributed by atoms with E-state index < -0.39 is 12.0 Å². The van der Waals surface area contributed by atoms with Gasteiger partial charge in [0.25, 0.3) is 5.89 Å². The van der Waals surface area contributed by atoms with Gasteiger partial charge in [0.2, 0.25) is 11.8 Å². The molecule has 0 spiro atoms. The Morgan fingerprint density at radius 1 is 0.765 bits per heavy atom. The number of oxazole rings is 3. The van der Waals surface area contributed by atoms with Gasteiger partial charge in [-0.25, -0.2) is 14.8 Å². The first-order valence-electron chi connectivity index (χ1n) is 16.9. The van der Waals surface area contributed by atoms with Gasteiger partial charge in [0.15, 0.2) is 28.6 Å². The minimum Gasteiger partial charge on any atom is -0.461 e. The van der Waals surface area contributed by atoms with Crippen molar-refractivity contribution in [1.29, 1.82) is 0 Å². The molecule has 0 aliphatic heterocycles. The fraction of sp³-hybridized carbons (Fsp3) is 0.171. The second kappa shape index (κ2) is 15.2. The van der Waals surface area contributed by atoms with E-state index in [9.17, 15) is 4.79 Å². The molecule has 0 aliphatic carbocycles. The molecule has 4 aromatic carbocycles. The number of carbonyl (C=O) groups is 1. The molecule has 0 saturated heterocycles. The summed E-state index contributed by atoms with van der Waals surface area (Å²) in [4.78, 5) is 27.1. The van der Waals surface area contributed by atoms with Crippen LogP contribution in [0.15, 0.2) is 104 Å². The molecule has 0 fully saturated rings. The van der Waals surface area contributed by atoms with Gasteiger partial charge in [-0.1, -0.05) is 104 Å². The molecule has 10 heteroatoms. The standard InChI is InChI=1S/C41H37N5O5/c1-2-48-41(47)37-35(23-21-29-16-10-14-27-12-4-6-18-31(27)29)51-40(46-37)36-34(22-20-28-15-9-13-26-11-3-5-17-30(26)28)50-39(45-36)33-25-49-38(44-33)32(43)19-7-8-24-42/h3-6,9-18,20-23,25,32H,2,7-8,19,24,42-43H2,1H3/b22-20+,23-21+/t32-/m0/s1. The molecule has 0 bridgehead atoms. The summed E-state index contributed by atoms with van der Waals surface area (Å²) in [7, 11) is 0. The van der Waals surface area contributed by atoms with Gasteiger partial charge < -0.3 is 29.5 Å². The summed E-state index contributed by atoms with van der Waals surface area (Å²) >= 11 is 0. The Kier molecular flexibility index (Phi) is 9.96. The number of esters is 1. The number of aromatic nitrogens is 3. The zero-order chi connectivity index (χ0) is 35.2. The SMILES string of the molecule is CCOC(=O)c1nc(-c2nc(-c3coc([C@@H](N)CCCCN)n3)oc2/C=C/c2cccc3ccccc23)oc1/C=C/c1cccc2ccccc12. The zero-order valence-corrected chi connectivity index (χ0v) is 28.1. The van der Waals surface area contributed by atoms with Crippen LogP contribution in [0.2, 0.25) is 0 Å². The van der Waals surface area contributed by atoms with E-state index in [4.69, 9.17) is 34.4 Å². The van der Waals surface area contributed by atoms with E-state index in [0.717, 1.165) is 45.5 Å². The van der Waals surface area contributed by atoms with Crippen molar-refractivity contribution in [2.24, 2.45) is 11.5 Å². The molecule has 4 N–H and O–H groups in total. The monoisotopic (exact) mass is 679 g/mol. The number of fused-ring (bicyclic) bond motifs is 2. The quantitative estimate of drug-likeness (QED) is 0.0891. The maximum absolute atomic E-state index is 13.2. The largest absolute Gasteiger partial charge is 0.461 e. The second-order valence-electron chi connectivity index (χ2n) is 11.9. The highest BCUT2D eigenvalue weighted by Gasteiger charge is 2.26. The highest BCUT2D eigenvalue weighted by Crippen LogP contribution is 2.33. The maximum atomic E-state index is 13.2. The van der Waals surface area contributed by atoms with Crippen LogP contribution < -0.4 is 11.5 Å². The van der Waals surface area contributed by atoms with E-state index in [1.54, 1.807) is 19.1 Å². The number of hydrogen-bond donors (Lipinski definition) is 2. The summed E-state index contributed by atoms with van der Waals surface area (Å²) < 4.78 is 23.7. The summed E-state index contributed by atoms with van der Waals surface area (Å²) in [6.07, 6.45) is 11.2. The lowest BCUT2D eigenvalue weighted by atomic mass is 10.0. The molecule has 3 aromatic heterocycles. The summed E-state index contributed by atoms with van der Waals surface area (Å²) in [5, 5.41) is 4.32. The fourth-order valence-electron chi connectivity index (χ4n) is 5.91. The van der Waals surface area contributed by atoms with Crippen molar-refractivity contribution in [3.8, 4) is 23.2 Å². The Hall–Kier alpha value is -6.10. The number of nitrogens with zero attached hydrogens (tertiary/aromatic N) is 3. The van der Waals surface area contributed by atoms with Crippen molar-refractivity contribution >= 4 is 51.8 Å². The molecule has 7 aromatic rings. The number of hydrogen-bond acceptors (Lipinski definition) is 10. The molecule has 10 nitrogen and oxygen atoms in total. The van der Waals surface area contributed by atoms with Gasteiger partial charge in [-0.2, -0.15) is 4.98 Å². The topological polar surface area (TPSA) is 156 Å². The van der Waals surface area contributed by atoms with Crippen LogP contribution in [-0.4, -0.2) is 34.1 Å². The van der Waals surface area contributed by atoms with Gasteiger partial charge >= 0.3 is 5.97 Å². The molecule has 0 radical (unpaired) electrons. The Bertz CT molecular complexity index is 2350. The van der Waals surface area contributed by atoms with E-state index in [2.05, 4.69) is 28.2 Å². The van der Waals surface area contributed by atoms with Crippen molar-refractivity contribution in [3.63, 3.8) is 0 Å². The lowest BCUT2D eigenvalue weighted by Crippen LogP contribution is -2.11. The highest BCUT2D eigenvalue weighted by molar-refractivity contribution is 5.96. The Balaban J connectivity index is 1.31. The lowest BCUT2D eigenvalue weighted by molar-refractivity contribution is 0.0519. The van der Waals surface area contributed by atoms with Crippen molar-refractivity contribution in [2.45, 2.75) is 32.2 Å². The number of rotatable bonds is 13. The normalized spacial score (nSPS) is 12.5. The third kappa shape index (κ3) is 7.28. The van der Waals surface area contributed by atoms with Crippen LogP contribution in [0, 0.1) is 0 Å². The molecular formula is C41H37N5O5. The van der Waals surface area contributed by atoms with E-state index in [-0.39, 0.29) is 35.5 Å². The van der Waals surface area contributed by atoms with Crippen LogP contribution in [0.5, 0.6) is 0 Å².